The van der Waals surface area contributed by atoms with Gasteiger partial charge in [-0.05, 0) is 31.2 Å². The number of hydrogen-bond donors (Lipinski definition) is 1. The fourth-order valence-corrected chi connectivity index (χ4v) is 3.41. The molecule has 0 aliphatic carbocycles. The maximum atomic E-state index is 6.22. The molecule has 2 aromatic rings. The third-order valence-electron chi connectivity index (χ3n) is 3.18. The van der Waals surface area contributed by atoms with Crippen molar-refractivity contribution in [2.24, 2.45) is 7.05 Å². The third kappa shape index (κ3) is 5.38. The van der Waals surface area contributed by atoms with E-state index in [9.17, 15) is 0 Å². The molecule has 3 nitrogen and oxygen atoms in total. The first kappa shape index (κ1) is 16.4. The van der Waals surface area contributed by atoms with Crippen molar-refractivity contribution < 1.29 is 0 Å². The highest BCUT2D eigenvalue weighted by atomic mass is 35.5. The van der Waals surface area contributed by atoms with Crippen molar-refractivity contribution in [3.05, 3.63) is 47.2 Å². The number of thioether (sulfide) groups is 1. The Labute approximate surface area is 136 Å². The number of aryl methyl sites for hydroxylation is 1. The minimum atomic E-state index is 0.404. The van der Waals surface area contributed by atoms with Crippen molar-refractivity contribution in [3.8, 4) is 0 Å². The van der Waals surface area contributed by atoms with Crippen LogP contribution in [-0.4, -0.2) is 28.1 Å². The van der Waals surface area contributed by atoms with Gasteiger partial charge in [0, 0.05) is 36.4 Å². The monoisotopic (exact) mass is 323 g/mol. The number of aromatic nitrogens is 2. The fraction of sp³-hybridized carbons (Fsp3) is 0.438. The predicted molar refractivity (Wildman–Crippen MR) is 91.2 cm³/mol. The first-order valence-electron chi connectivity index (χ1n) is 7.28. The summed E-state index contributed by atoms with van der Waals surface area (Å²) in [5.41, 5.74) is 1.13. The van der Waals surface area contributed by atoms with Gasteiger partial charge >= 0.3 is 0 Å². The first-order valence-corrected chi connectivity index (χ1v) is 8.64. The predicted octanol–water partition coefficient (Wildman–Crippen LogP) is 3.78. The summed E-state index contributed by atoms with van der Waals surface area (Å²) in [6.07, 6.45) is 4.07. The van der Waals surface area contributed by atoms with E-state index < -0.39 is 0 Å². The highest BCUT2D eigenvalue weighted by Gasteiger charge is 2.12. The number of hydrogen-bond acceptors (Lipinski definition) is 3. The summed E-state index contributed by atoms with van der Waals surface area (Å²) >= 11 is 8.02. The van der Waals surface area contributed by atoms with E-state index in [4.69, 9.17) is 11.6 Å². The number of halogens is 1. The lowest BCUT2D eigenvalue weighted by Gasteiger charge is -2.17. The molecule has 1 aromatic carbocycles. The zero-order valence-electron chi connectivity index (χ0n) is 12.6. The van der Waals surface area contributed by atoms with Gasteiger partial charge in [-0.15, -0.1) is 11.8 Å². The van der Waals surface area contributed by atoms with E-state index in [1.54, 1.807) is 11.8 Å². The number of rotatable bonds is 8. The standard InChI is InChI=1S/C16H22ClN3S/c1-3-9-18-14(11-13-8-10-20(2)19-13)12-21-16-7-5-4-6-15(16)17/h4-8,10,14,18H,3,9,11-12H2,1-2H3. The van der Waals surface area contributed by atoms with Crippen molar-refractivity contribution >= 4 is 23.4 Å². The smallest absolute Gasteiger partial charge is 0.0640 e. The van der Waals surface area contributed by atoms with Crippen LogP contribution in [0, 0.1) is 0 Å². The van der Waals surface area contributed by atoms with Gasteiger partial charge in [-0.1, -0.05) is 30.7 Å². The summed E-state index contributed by atoms with van der Waals surface area (Å²) in [5.74, 6) is 0.986. The zero-order valence-corrected chi connectivity index (χ0v) is 14.1. The molecule has 5 heteroatoms. The van der Waals surface area contributed by atoms with Crippen LogP contribution >= 0.6 is 23.4 Å². The summed E-state index contributed by atoms with van der Waals surface area (Å²) in [4.78, 5) is 1.14. The van der Waals surface area contributed by atoms with Crippen LogP contribution in [0.3, 0.4) is 0 Å². The quantitative estimate of drug-likeness (QED) is 0.750. The second-order valence-electron chi connectivity index (χ2n) is 5.08. The van der Waals surface area contributed by atoms with E-state index in [1.807, 2.05) is 36.1 Å². The molecule has 0 radical (unpaired) electrons. The molecule has 1 atom stereocenters. The fourth-order valence-electron chi connectivity index (χ4n) is 2.12. The molecule has 1 aromatic heterocycles. The van der Waals surface area contributed by atoms with Crippen LogP contribution in [0.1, 0.15) is 19.0 Å². The molecule has 2 rings (SSSR count). The van der Waals surface area contributed by atoms with E-state index in [0.29, 0.717) is 6.04 Å². The topological polar surface area (TPSA) is 29.9 Å². The van der Waals surface area contributed by atoms with E-state index in [2.05, 4.69) is 29.5 Å². The first-order chi connectivity index (χ1) is 10.2. The highest BCUT2D eigenvalue weighted by molar-refractivity contribution is 7.99. The van der Waals surface area contributed by atoms with Gasteiger partial charge in [-0.25, -0.2) is 0 Å². The van der Waals surface area contributed by atoms with Crippen LogP contribution in [0.25, 0.3) is 0 Å². The minimum absolute atomic E-state index is 0.404. The third-order valence-corrected chi connectivity index (χ3v) is 4.86. The largest absolute Gasteiger partial charge is 0.313 e. The van der Waals surface area contributed by atoms with Gasteiger partial charge in [-0.2, -0.15) is 5.10 Å². The van der Waals surface area contributed by atoms with Gasteiger partial charge in [0.2, 0.25) is 0 Å². The normalized spacial score (nSPS) is 12.5. The van der Waals surface area contributed by atoms with Crippen LogP contribution < -0.4 is 5.32 Å². The Balaban J connectivity index is 1.94. The number of benzene rings is 1. The van der Waals surface area contributed by atoms with Gasteiger partial charge in [-0.3, -0.25) is 4.68 Å². The number of nitrogens with one attached hydrogen (secondary N) is 1. The molecular weight excluding hydrogens is 302 g/mol. The molecule has 0 amide bonds. The molecule has 0 saturated heterocycles. The molecule has 0 fully saturated rings. The molecule has 0 aliphatic rings. The second-order valence-corrected chi connectivity index (χ2v) is 6.55. The lowest BCUT2D eigenvalue weighted by Crippen LogP contribution is -2.34. The van der Waals surface area contributed by atoms with Crippen LogP contribution in [-0.2, 0) is 13.5 Å². The Morgan fingerprint density at radius 3 is 2.81 bits per heavy atom. The molecule has 1 heterocycles. The Morgan fingerprint density at radius 1 is 1.33 bits per heavy atom. The van der Waals surface area contributed by atoms with Crippen LogP contribution in [0.15, 0.2) is 41.4 Å². The van der Waals surface area contributed by atoms with Gasteiger partial charge in [0.15, 0.2) is 0 Å². The molecule has 1 N–H and O–H groups in total. The molecule has 114 valence electrons. The second kappa shape index (κ2) is 8.47. The Hall–Kier alpha value is -0.970. The number of nitrogens with zero attached hydrogens (tertiary/aromatic N) is 2. The maximum absolute atomic E-state index is 6.22. The Bertz CT molecular complexity index is 556. The van der Waals surface area contributed by atoms with E-state index in [0.717, 1.165) is 40.8 Å². The molecule has 0 bridgehead atoms. The van der Waals surface area contributed by atoms with Crippen molar-refractivity contribution in [3.63, 3.8) is 0 Å². The Kier molecular flexibility index (Phi) is 6.61. The van der Waals surface area contributed by atoms with Crippen molar-refractivity contribution in [2.45, 2.75) is 30.7 Å². The highest BCUT2D eigenvalue weighted by Crippen LogP contribution is 2.27. The SMILES string of the molecule is CCCNC(CSc1ccccc1Cl)Cc1ccn(C)n1. The van der Waals surface area contributed by atoms with Crippen molar-refractivity contribution in [2.75, 3.05) is 12.3 Å². The lowest BCUT2D eigenvalue weighted by molar-refractivity contribution is 0.541. The van der Waals surface area contributed by atoms with E-state index in [-0.39, 0.29) is 0 Å². The van der Waals surface area contributed by atoms with Gasteiger partial charge < -0.3 is 5.32 Å². The summed E-state index contributed by atoms with van der Waals surface area (Å²) in [7, 11) is 1.95. The van der Waals surface area contributed by atoms with Crippen LogP contribution in [0.2, 0.25) is 5.02 Å². The molecule has 0 aliphatic heterocycles. The summed E-state index contributed by atoms with van der Waals surface area (Å²) in [6, 6.07) is 10.5. The Morgan fingerprint density at radius 2 is 2.14 bits per heavy atom. The molecular formula is C16H22ClN3S. The summed E-state index contributed by atoms with van der Waals surface area (Å²) in [6.45, 7) is 3.21. The molecule has 1 unspecified atom stereocenters. The maximum Gasteiger partial charge on any atom is 0.0640 e. The molecule has 21 heavy (non-hydrogen) atoms. The van der Waals surface area contributed by atoms with Crippen molar-refractivity contribution in [1.82, 2.24) is 15.1 Å². The summed E-state index contributed by atoms with van der Waals surface area (Å²) in [5, 5.41) is 8.90. The van der Waals surface area contributed by atoms with Crippen molar-refractivity contribution in [1.29, 1.82) is 0 Å². The van der Waals surface area contributed by atoms with Crippen LogP contribution in [0.5, 0.6) is 0 Å². The average molecular weight is 324 g/mol. The van der Waals surface area contributed by atoms with E-state index in [1.165, 1.54) is 0 Å². The minimum Gasteiger partial charge on any atom is -0.313 e. The zero-order chi connectivity index (χ0) is 15.1. The molecule has 0 spiro atoms. The van der Waals surface area contributed by atoms with Gasteiger partial charge in [0.25, 0.3) is 0 Å². The summed E-state index contributed by atoms with van der Waals surface area (Å²) < 4.78 is 1.85. The lowest BCUT2D eigenvalue weighted by atomic mass is 10.2. The van der Waals surface area contributed by atoms with Gasteiger partial charge in [0.05, 0.1) is 10.7 Å². The average Bonchev–Trinajstić information content (AvgIpc) is 2.88. The van der Waals surface area contributed by atoms with Gasteiger partial charge in [0.1, 0.15) is 0 Å². The molecule has 0 saturated carbocycles. The van der Waals surface area contributed by atoms with E-state index >= 15 is 0 Å². The van der Waals surface area contributed by atoms with Crippen LogP contribution in [0.4, 0.5) is 0 Å².